The Morgan fingerprint density at radius 1 is 1.15 bits per heavy atom. The lowest BCUT2D eigenvalue weighted by molar-refractivity contribution is -0.103. The van der Waals surface area contributed by atoms with Gasteiger partial charge in [0.2, 0.25) is 0 Å². The molecule has 0 saturated heterocycles. The van der Waals surface area contributed by atoms with Crippen molar-refractivity contribution < 1.29 is 10.2 Å². The SMILES string of the molecule is NC=C(C=[NH2+])c1cnc2ccc(NC(=O)NCc3ccccc3)nc2c1. The van der Waals surface area contributed by atoms with Crippen LogP contribution in [0.3, 0.4) is 0 Å². The van der Waals surface area contributed by atoms with Gasteiger partial charge in [-0.05, 0) is 23.8 Å². The molecule has 0 saturated carbocycles. The van der Waals surface area contributed by atoms with Crippen LogP contribution in [0.4, 0.5) is 10.6 Å². The van der Waals surface area contributed by atoms with Gasteiger partial charge < -0.3 is 11.1 Å². The Morgan fingerprint density at radius 3 is 2.69 bits per heavy atom. The topological polar surface area (TPSA) is 119 Å². The maximum atomic E-state index is 12.1. The van der Waals surface area contributed by atoms with Gasteiger partial charge in [-0.2, -0.15) is 0 Å². The van der Waals surface area contributed by atoms with Crippen LogP contribution in [-0.2, 0) is 6.54 Å². The van der Waals surface area contributed by atoms with Gasteiger partial charge in [-0.15, -0.1) is 0 Å². The molecule has 2 amide bonds. The van der Waals surface area contributed by atoms with Crippen LogP contribution in [0, 0.1) is 0 Å². The Hall–Kier alpha value is -3.74. The van der Waals surface area contributed by atoms with E-state index in [1.165, 1.54) is 12.4 Å². The number of benzene rings is 1. The average molecular weight is 347 g/mol. The number of fused-ring (bicyclic) bond motifs is 1. The second-order valence-corrected chi connectivity index (χ2v) is 5.54. The van der Waals surface area contributed by atoms with Crippen LogP contribution < -0.4 is 21.8 Å². The molecule has 0 spiro atoms. The lowest BCUT2D eigenvalue weighted by Gasteiger charge is -2.08. The molecule has 6 N–H and O–H groups in total. The monoisotopic (exact) mass is 347 g/mol. The van der Waals surface area contributed by atoms with Gasteiger partial charge in [0.15, 0.2) is 6.21 Å². The van der Waals surface area contributed by atoms with Crippen molar-refractivity contribution in [3.05, 3.63) is 72.1 Å². The number of aromatic nitrogens is 2. The number of nitrogens with one attached hydrogen (secondary N) is 2. The molecule has 0 fully saturated rings. The summed E-state index contributed by atoms with van der Waals surface area (Å²) in [7, 11) is 0. The molecule has 7 heteroatoms. The molecular weight excluding hydrogens is 328 g/mol. The third kappa shape index (κ3) is 4.02. The first-order valence-corrected chi connectivity index (χ1v) is 8.02. The van der Waals surface area contributed by atoms with Crippen LogP contribution in [0.2, 0.25) is 0 Å². The summed E-state index contributed by atoms with van der Waals surface area (Å²) >= 11 is 0. The van der Waals surface area contributed by atoms with Gasteiger partial charge in [-0.3, -0.25) is 15.7 Å². The van der Waals surface area contributed by atoms with E-state index < -0.39 is 0 Å². The number of allylic oxidation sites excluding steroid dienone is 1. The van der Waals surface area contributed by atoms with Crippen molar-refractivity contribution in [2.45, 2.75) is 6.54 Å². The van der Waals surface area contributed by atoms with E-state index in [1.54, 1.807) is 18.3 Å². The van der Waals surface area contributed by atoms with Gasteiger partial charge in [-0.25, -0.2) is 9.78 Å². The number of nitrogens with zero attached hydrogens (tertiary/aromatic N) is 2. The van der Waals surface area contributed by atoms with Crippen LogP contribution in [0.1, 0.15) is 11.1 Å². The van der Waals surface area contributed by atoms with Gasteiger partial charge in [0, 0.05) is 24.5 Å². The van der Waals surface area contributed by atoms with Crippen LogP contribution in [-0.4, -0.2) is 22.2 Å². The highest BCUT2D eigenvalue weighted by Gasteiger charge is 2.07. The molecule has 7 nitrogen and oxygen atoms in total. The molecule has 2 aromatic heterocycles. The summed E-state index contributed by atoms with van der Waals surface area (Å²) in [5.74, 6) is 0.428. The molecule has 0 aliphatic rings. The Kier molecular flexibility index (Phi) is 5.19. The smallest absolute Gasteiger partial charge is 0.320 e. The predicted octanol–water partition coefficient (Wildman–Crippen LogP) is 1.08. The van der Waals surface area contributed by atoms with E-state index in [0.29, 0.717) is 29.0 Å². The molecule has 26 heavy (non-hydrogen) atoms. The van der Waals surface area contributed by atoms with Crippen LogP contribution >= 0.6 is 0 Å². The second kappa shape index (κ2) is 7.89. The fourth-order valence-electron chi connectivity index (χ4n) is 2.42. The predicted molar refractivity (Wildman–Crippen MR) is 102 cm³/mol. The summed E-state index contributed by atoms with van der Waals surface area (Å²) in [6.45, 7) is 0.433. The maximum Gasteiger partial charge on any atom is 0.320 e. The lowest BCUT2D eigenvalue weighted by atomic mass is 10.1. The number of nitrogens with two attached hydrogens (primary N) is 2. The number of urea groups is 1. The molecule has 0 aliphatic carbocycles. The Morgan fingerprint density at radius 2 is 1.96 bits per heavy atom. The van der Waals surface area contributed by atoms with Crippen molar-refractivity contribution in [1.82, 2.24) is 15.3 Å². The molecular formula is C19H19N6O+. The quantitative estimate of drug-likeness (QED) is 0.516. The van der Waals surface area contributed by atoms with Crippen molar-refractivity contribution in [2.75, 3.05) is 5.32 Å². The minimum absolute atomic E-state index is 0.331. The third-order valence-electron chi connectivity index (χ3n) is 3.77. The van der Waals surface area contributed by atoms with E-state index in [9.17, 15) is 4.79 Å². The van der Waals surface area contributed by atoms with Crippen LogP contribution in [0.15, 0.2) is 60.9 Å². The normalized spacial score (nSPS) is 11.2. The molecule has 0 atom stereocenters. The number of anilines is 1. The second-order valence-electron chi connectivity index (χ2n) is 5.54. The van der Waals surface area contributed by atoms with Gasteiger partial charge >= 0.3 is 6.03 Å². The standard InChI is InChI=1S/C19H18N6O/c20-9-15(10-21)14-8-17-16(22-12-14)6-7-18(24-17)25-19(26)23-11-13-4-2-1-3-5-13/h1-10,12,20H,11,21H2,(H2,23,24,25,26)/p+1. The minimum Gasteiger partial charge on any atom is -0.404 e. The number of pyridine rings is 2. The Balaban J connectivity index is 1.73. The molecule has 0 aliphatic heterocycles. The van der Waals surface area contributed by atoms with Gasteiger partial charge in [-0.1, -0.05) is 30.3 Å². The van der Waals surface area contributed by atoms with E-state index >= 15 is 0 Å². The van der Waals surface area contributed by atoms with Crippen LogP contribution in [0.25, 0.3) is 16.6 Å². The summed E-state index contributed by atoms with van der Waals surface area (Å²) in [5.41, 5.74) is 9.30. The molecule has 0 radical (unpaired) electrons. The van der Waals surface area contributed by atoms with Gasteiger partial charge in [0.25, 0.3) is 0 Å². The first-order valence-electron chi connectivity index (χ1n) is 8.02. The number of amides is 2. The number of carbonyl (C=O) groups excluding carboxylic acids is 1. The van der Waals surface area contributed by atoms with Crippen molar-refractivity contribution >= 4 is 34.7 Å². The molecule has 130 valence electrons. The van der Waals surface area contributed by atoms with E-state index in [4.69, 9.17) is 11.1 Å². The van der Waals surface area contributed by atoms with E-state index in [0.717, 1.165) is 11.1 Å². The number of hydrogen-bond acceptors (Lipinski definition) is 4. The zero-order valence-electron chi connectivity index (χ0n) is 14.0. The lowest BCUT2D eigenvalue weighted by Crippen LogP contribution is -2.30. The highest BCUT2D eigenvalue weighted by molar-refractivity contribution is 6.07. The molecule has 2 heterocycles. The zero-order chi connectivity index (χ0) is 18.4. The number of rotatable bonds is 5. The van der Waals surface area contributed by atoms with Crippen molar-refractivity contribution in [2.24, 2.45) is 5.73 Å². The molecule has 3 aromatic rings. The first-order chi connectivity index (χ1) is 12.7. The fraction of sp³-hybridized carbons (Fsp3) is 0.0526. The molecule has 0 bridgehead atoms. The fourth-order valence-corrected chi connectivity index (χ4v) is 2.42. The Bertz CT molecular complexity index is 968. The molecule has 1 aromatic carbocycles. The molecule has 0 unspecified atom stereocenters. The highest BCUT2D eigenvalue weighted by atomic mass is 16.2. The van der Waals surface area contributed by atoms with E-state index in [-0.39, 0.29) is 6.03 Å². The van der Waals surface area contributed by atoms with Crippen molar-refractivity contribution in [3.63, 3.8) is 0 Å². The Labute approximate surface area is 150 Å². The summed E-state index contributed by atoms with van der Waals surface area (Å²) in [6, 6.07) is 14.6. The molecule has 3 rings (SSSR count). The largest absolute Gasteiger partial charge is 0.404 e. The highest BCUT2D eigenvalue weighted by Crippen LogP contribution is 2.18. The third-order valence-corrected chi connectivity index (χ3v) is 3.77. The number of carbonyl (C=O) groups is 1. The summed E-state index contributed by atoms with van der Waals surface area (Å²) < 4.78 is 0. The average Bonchev–Trinajstić information content (AvgIpc) is 2.68. The van der Waals surface area contributed by atoms with E-state index in [2.05, 4.69) is 20.6 Å². The first kappa shape index (κ1) is 17.1. The summed E-state index contributed by atoms with van der Waals surface area (Å²) in [4.78, 5) is 20.8. The summed E-state index contributed by atoms with van der Waals surface area (Å²) in [6.07, 6.45) is 4.48. The van der Waals surface area contributed by atoms with E-state index in [1.807, 2.05) is 36.4 Å². The number of hydrogen-bond donors (Lipinski definition) is 4. The van der Waals surface area contributed by atoms with Gasteiger partial charge in [0.05, 0.1) is 16.6 Å². The zero-order valence-corrected chi connectivity index (χ0v) is 14.0. The maximum absolute atomic E-state index is 12.1. The minimum atomic E-state index is -0.331. The van der Waals surface area contributed by atoms with Crippen molar-refractivity contribution in [3.8, 4) is 0 Å². The summed E-state index contributed by atoms with van der Waals surface area (Å²) in [5, 5.41) is 11.1. The van der Waals surface area contributed by atoms with Crippen molar-refractivity contribution in [1.29, 1.82) is 0 Å². The van der Waals surface area contributed by atoms with Crippen LogP contribution in [0.5, 0.6) is 0 Å². The van der Waals surface area contributed by atoms with Gasteiger partial charge in [0.1, 0.15) is 5.82 Å².